The molecule has 0 spiro atoms. The van der Waals surface area contributed by atoms with Crippen LogP contribution in [-0.2, 0) is 14.4 Å². The number of fused-ring (bicyclic) bond motifs is 4. The van der Waals surface area contributed by atoms with E-state index in [1.165, 1.54) is 13.0 Å². The highest BCUT2D eigenvalue weighted by molar-refractivity contribution is 6.01. The first-order valence-electron chi connectivity index (χ1n) is 18.1. The van der Waals surface area contributed by atoms with Crippen molar-refractivity contribution in [2.24, 2.45) is 51.2 Å². The van der Waals surface area contributed by atoms with E-state index in [1.807, 2.05) is 77.1 Å². The summed E-state index contributed by atoms with van der Waals surface area (Å²) in [6.07, 6.45) is 3.78. The Kier molecular flexibility index (Phi) is 10.2. The highest BCUT2D eigenvalue weighted by Crippen LogP contribution is 2.72. The van der Waals surface area contributed by atoms with Crippen LogP contribution in [0.5, 0.6) is 0 Å². The van der Waals surface area contributed by atoms with Gasteiger partial charge in [-0.15, -0.1) is 0 Å². The maximum Gasteiger partial charge on any atom is 0.331 e. The highest BCUT2D eigenvalue weighted by Gasteiger charge is 2.71. The SMILES string of the molecule is CCNC[C@H]([C@@H](C)[C@@H]1C[C@H](O)[C@]2(C)C3=C(C(=O)C[C@]12C)[C@@]1(C)CCC(=O)C(C)(C)[C@@H]1[C@@H](C=Cc1ccccc1)[C@H]3O)[C@H](O)C=C(C)C(=O)O. The molecule has 0 bridgehead atoms. The topological polar surface area (TPSA) is 144 Å². The van der Waals surface area contributed by atoms with Gasteiger partial charge in [-0.2, -0.15) is 0 Å². The lowest BCUT2D eigenvalue weighted by molar-refractivity contribution is -0.151. The van der Waals surface area contributed by atoms with E-state index in [0.29, 0.717) is 43.5 Å². The van der Waals surface area contributed by atoms with E-state index in [2.05, 4.69) is 19.2 Å². The molecule has 0 saturated heterocycles. The summed E-state index contributed by atoms with van der Waals surface area (Å²) in [5, 5.41) is 49.2. The normalized spacial score (nSPS) is 37.8. The van der Waals surface area contributed by atoms with E-state index in [4.69, 9.17) is 0 Å². The Labute approximate surface area is 291 Å². The summed E-state index contributed by atoms with van der Waals surface area (Å²) in [6, 6.07) is 9.85. The van der Waals surface area contributed by atoms with Crippen LogP contribution in [0.3, 0.4) is 0 Å². The molecule has 268 valence electrons. The summed E-state index contributed by atoms with van der Waals surface area (Å²) in [7, 11) is 0. The van der Waals surface area contributed by atoms with Gasteiger partial charge in [0.15, 0.2) is 5.78 Å². The summed E-state index contributed by atoms with van der Waals surface area (Å²) in [6.45, 7) is 16.7. The molecule has 0 radical (unpaired) electrons. The number of ketones is 2. The quantitative estimate of drug-likeness (QED) is 0.201. The van der Waals surface area contributed by atoms with Crippen molar-refractivity contribution in [1.29, 1.82) is 0 Å². The lowest BCUT2D eigenvalue weighted by Crippen LogP contribution is -2.63. The summed E-state index contributed by atoms with van der Waals surface area (Å²) < 4.78 is 0. The lowest BCUT2D eigenvalue weighted by Gasteiger charge is -2.63. The summed E-state index contributed by atoms with van der Waals surface area (Å²) in [4.78, 5) is 40.0. The van der Waals surface area contributed by atoms with Gasteiger partial charge in [0, 0.05) is 58.6 Å². The van der Waals surface area contributed by atoms with Gasteiger partial charge < -0.3 is 25.7 Å². The number of carboxylic acids is 1. The second kappa shape index (κ2) is 13.3. The van der Waals surface area contributed by atoms with Crippen LogP contribution in [0.4, 0.5) is 0 Å². The van der Waals surface area contributed by atoms with Crippen molar-refractivity contribution in [3.63, 3.8) is 0 Å². The third-order valence-electron chi connectivity index (χ3n) is 13.9. The second-order valence-corrected chi connectivity index (χ2v) is 16.7. The van der Waals surface area contributed by atoms with Gasteiger partial charge in [0.25, 0.3) is 0 Å². The third-order valence-corrected chi connectivity index (χ3v) is 13.9. The van der Waals surface area contributed by atoms with E-state index in [0.717, 1.165) is 5.56 Å². The van der Waals surface area contributed by atoms with E-state index < -0.39 is 51.9 Å². The van der Waals surface area contributed by atoms with Crippen LogP contribution in [0, 0.1) is 51.2 Å². The monoisotopic (exact) mass is 675 g/mol. The fourth-order valence-corrected chi connectivity index (χ4v) is 11.1. The largest absolute Gasteiger partial charge is 0.478 e. The average molecular weight is 676 g/mol. The molecule has 0 aromatic heterocycles. The maximum atomic E-state index is 14.8. The predicted octanol–water partition coefficient (Wildman–Crippen LogP) is 5.62. The minimum Gasteiger partial charge on any atom is -0.478 e. The smallest absolute Gasteiger partial charge is 0.331 e. The number of nitrogens with one attached hydrogen (secondary N) is 1. The van der Waals surface area contributed by atoms with Gasteiger partial charge in [0.05, 0.1) is 18.3 Å². The van der Waals surface area contributed by atoms with E-state index >= 15 is 0 Å². The molecule has 5 rings (SSSR count). The molecule has 2 saturated carbocycles. The average Bonchev–Trinajstić information content (AvgIpc) is 3.24. The van der Waals surface area contributed by atoms with Gasteiger partial charge in [-0.05, 0) is 66.7 Å². The molecular weight excluding hydrogens is 618 g/mol. The van der Waals surface area contributed by atoms with Gasteiger partial charge in [0.1, 0.15) is 5.78 Å². The van der Waals surface area contributed by atoms with E-state index in [9.17, 15) is 34.8 Å². The molecule has 1 aromatic rings. The standard InChI is InChI=1S/C41H57NO7/c1-9-42-22-27(29(43)19-23(2)37(48)49)24(3)28-20-32(46)41(8)34-33(30(44)21-40(28,41)7)39(6)18-17-31(45)38(4,5)36(39)26(35(34)47)16-15-25-13-11-10-12-14-25/h10-16,19,24,26-29,32,35-36,42-43,46-47H,9,17-18,20-22H2,1-8H3,(H,48,49)/t24-,26+,27-,28+,29-,32+,35-,36+,39-,40-,41-/m1/s1. The molecule has 4 aliphatic carbocycles. The molecule has 5 N–H and O–H groups in total. The first kappa shape index (κ1) is 37.3. The molecular formula is C41H57NO7. The number of benzene rings is 1. The zero-order valence-electron chi connectivity index (χ0n) is 30.5. The molecule has 0 heterocycles. The first-order chi connectivity index (χ1) is 22.9. The van der Waals surface area contributed by atoms with Gasteiger partial charge >= 0.3 is 5.97 Å². The Balaban J connectivity index is 1.66. The number of carbonyl (C=O) groups is 3. The molecule has 0 aliphatic heterocycles. The predicted molar refractivity (Wildman–Crippen MR) is 190 cm³/mol. The number of rotatable bonds is 10. The molecule has 49 heavy (non-hydrogen) atoms. The van der Waals surface area contributed by atoms with Crippen LogP contribution in [-0.4, -0.2) is 69.4 Å². The lowest BCUT2D eigenvalue weighted by atomic mass is 9.40. The van der Waals surface area contributed by atoms with Crippen LogP contribution in [0.1, 0.15) is 86.6 Å². The molecule has 0 unspecified atom stereocenters. The third kappa shape index (κ3) is 5.81. The van der Waals surface area contributed by atoms with Crippen LogP contribution in [0.25, 0.3) is 6.08 Å². The number of Topliss-reactive ketones (excluding diaryl/α,β-unsaturated/α-hetero) is 2. The maximum absolute atomic E-state index is 14.8. The summed E-state index contributed by atoms with van der Waals surface area (Å²) in [5.41, 5.74) is -0.962. The fraction of sp³-hybridized carbons (Fsp3) is 0.634. The summed E-state index contributed by atoms with van der Waals surface area (Å²) in [5.74, 6) is -2.63. The van der Waals surface area contributed by atoms with E-state index in [1.54, 1.807) is 0 Å². The Morgan fingerprint density at radius 2 is 1.73 bits per heavy atom. The number of aliphatic hydroxyl groups excluding tert-OH is 3. The minimum absolute atomic E-state index is 0.0335. The van der Waals surface area contributed by atoms with Crippen molar-refractivity contribution in [2.75, 3.05) is 13.1 Å². The minimum atomic E-state index is -1.10. The number of hydrogen-bond acceptors (Lipinski definition) is 7. The second-order valence-electron chi connectivity index (χ2n) is 16.7. The van der Waals surface area contributed by atoms with Gasteiger partial charge in [0.2, 0.25) is 0 Å². The number of allylic oxidation sites excluding steroid dienone is 1. The number of aliphatic carboxylic acids is 1. The van der Waals surface area contributed by atoms with Crippen LogP contribution >= 0.6 is 0 Å². The van der Waals surface area contributed by atoms with Crippen molar-refractivity contribution in [3.8, 4) is 0 Å². The Hall–Kier alpha value is -2.91. The molecule has 8 heteroatoms. The van der Waals surface area contributed by atoms with Gasteiger partial charge in [-0.25, -0.2) is 4.79 Å². The van der Waals surface area contributed by atoms with Crippen LogP contribution < -0.4 is 5.32 Å². The molecule has 11 atom stereocenters. The van der Waals surface area contributed by atoms with Gasteiger partial charge in [-0.1, -0.05) is 91.0 Å². The Morgan fingerprint density at radius 1 is 1.08 bits per heavy atom. The molecule has 8 nitrogen and oxygen atoms in total. The first-order valence-corrected chi connectivity index (χ1v) is 18.1. The molecule has 0 amide bonds. The molecule has 4 aliphatic rings. The summed E-state index contributed by atoms with van der Waals surface area (Å²) >= 11 is 0. The number of hydrogen-bond donors (Lipinski definition) is 5. The molecule has 2 fully saturated rings. The van der Waals surface area contributed by atoms with E-state index in [-0.39, 0.29) is 47.2 Å². The Bertz CT molecular complexity index is 1560. The van der Waals surface area contributed by atoms with Crippen molar-refractivity contribution in [2.45, 2.75) is 99.4 Å². The van der Waals surface area contributed by atoms with Crippen molar-refractivity contribution in [1.82, 2.24) is 5.32 Å². The van der Waals surface area contributed by atoms with Gasteiger partial charge in [-0.3, -0.25) is 9.59 Å². The van der Waals surface area contributed by atoms with Crippen molar-refractivity contribution in [3.05, 3.63) is 64.8 Å². The molecule has 1 aromatic carbocycles. The fourth-order valence-electron chi connectivity index (χ4n) is 11.1. The number of carbonyl (C=O) groups excluding carboxylic acids is 2. The number of aliphatic hydroxyl groups is 3. The zero-order valence-corrected chi connectivity index (χ0v) is 30.5. The Morgan fingerprint density at radius 3 is 2.35 bits per heavy atom. The zero-order chi connectivity index (χ0) is 36.3. The van der Waals surface area contributed by atoms with Crippen LogP contribution in [0.15, 0.2) is 59.2 Å². The van der Waals surface area contributed by atoms with Crippen molar-refractivity contribution < 1.29 is 34.8 Å². The van der Waals surface area contributed by atoms with Crippen LogP contribution in [0.2, 0.25) is 0 Å². The number of carboxylic acid groups (broad SMARTS) is 1. The van der Waals surface area contributed by atoms with Crippen molar-refractivity contribution >= 4 is 23.6 Å². The highest BCUT2D eigenvalue weighted by atomic mass is 16.4.